The van der Waals surface area contributed by atoms with Crippen LogP contribution in [-0.4, -0.2) is 21.9 Å². The van der Waals surface area contributed by atoms with Crippen molar-refractivity contribution in [1.29, 1.82) is 0 Å². The normalized spacial score (nSPS) is 12.5. The van der Waals surface area contributed by atoms with Crippen LogP contribution in [0.3, 0.4) is 0 Å². The van der Waals surface area contributed by atoms with Gasteiger partial charge in [-0.15, -0.1) is 11.6 Å². The summed E-state index contributed by atoms with van der Waals surface area (Å²) in [6.07, 6.45) is 3.27. The van der Waals surface area contributed by atoms with E-state index in [0.717, 1.165) is 12.8 Å². The first-order valence-electron chi connectivity index (χ1n) is 4.71. The fourth-order valence-corrected chi connectivity index (χ4v) is 1.66. The van der Waals surface area contributed by atoms with Crippen LogP contribution in [0.15, 0.2) is 15.6 Å². The summed E-state index contributed by atoms with van der Waals surface area (Å²) in [7, 11) is 0. The van der Waals surface area contributed by atoms with Crippen LogP contribution in [0.2, 0.25) is 0 Å². The summed E-state index contributed by atoms with van der Waals surface area (Å²) in [6.45, 7) is 2.03. The Hall–Kier alpha value is -0.550. The van der Waals surface area contributed by atoms with E-state index < -0.39 is 0 Å². The second kappa shape index (κ2) is 6.12. The van der Waals surface area contributed by atoms with Gasteiger partial charge >= 0.3 is 0 Å². The Morgan fingerprint density at radius 3 is 3.13 bits per heavy atom. The molecule has 0 bridgehead atoms. The maximum absolute atomic E-state index is 11.2. The maximum atomic E-state index is 11.2. The van der Waals surface area contributed by atoms with Crippen molar-refractivity contribution in [3.05, 3.63) is 21.2 Å². The molecule has 0 spiro atoms. The number of halogens is 2. The summed E-state index contributed by atoms with van der Waals surface area (Å²) in [4.78, 5) is 17.8. The Morgan fingerprint density at radius 1 is 1.73 bits per heavy atom. The first-order chi connectivity index (χ1) is 7.15. The molecule has 1 aromatic rings. The highest BCUT2D eigenvalue weighted by Crippen LogP contribution is 2.15. The van der Waals surface area contributed by atoms with Gasteiger partial charge < -0.3 is 10.3 Å². The molecule has 0 amide bonds. The average molecular weight is 295 g/mol. The topological polar surface area (TPSA) is 57.8 Å². The fourth-order valence-electron chi connectivity index (χ4n) is 1.17. The summed E-state index contributed by atoms with van der Waals surface area (Å²) < 4.78 is 0.433. The summed E-state index contributed by atoms with van der Waals surface area (Å²) in [5.41, 5.74) is -0.183. The molecule has 0 saturated heterocycles. The lowest BCUT2D eigenvalue weighted by Gasteiger charge is -2.14. The molecule has 0 aliphatic rings. The molecular formula is C9H13BrClN3O. The zero-order valence-electron chi connectivity index (χ0n) is 8.39. The predicted molar refractivity (Wildman–Crippen MR) is 65.6 cm³/mol. The molecular weight excluding hydrogens is 281 g/mol. The van der Waals surface area contributed by atoms with E-state index in [4.69, 9.17) is 11.6 Å². The largest absolute Gasteiger partial charge is 0.366 e. The van der Waals surface area contributed by atoms with E-state index in [2.05, 4.69) is 31.2 Å². The summed E-state index contributed by atoms with van der Waals surface area (Å²) in [6, 6.07) is 0.245. The minimum atomic E-state index is -0.183. The first kappa shape index (κ1) is 12.5. The molecule has 1 atom stereocenters. The molecule has 0 aromatic carbocycles. The van der Waals surface area contributed by atoms with E-state index in [-0.39, 0.29) is 11.6 Å². The quantitative estimate of drug-likeness (QED) is 0.820. The van der Waals surface area contributed by atoms with Gasteiger partial charge in [-0.25, -0.2) is 4.98 Å². The van der Waals surface area contributed by atoms with Gasteiger partial charge in [0.15, 0.2) is 0 Å². The molecule has 1 aromatic heterocycles. The van der Waals surface area contributed by atoms with E-state index >= 15 is 0 Å². The number of rotatable bonds is 5. The molecule has 0 aliphatic heterocycles. The standard InChI is InChI=1S/C9H13BrClN3O/c1-6(3-2-4-11)14-8-7(10)9(15)13-5-12-8/h5-6H,2-4H2,1H3,(H2,12,13,14,15). The molecule has 0 fully saturated rings. The van der Waals surface area contributed by atoms with Gasteiger partial charge in [0.1, 0.15) is 10.3 Å². The Kier molecular flexibility index (Phi) is 5.11. The van der Waals surface area contributed by atoms with Gasteiger partial charge in [0, 0.05) is 11.9 Å². The van der Waals surface area contributed by atoms with Gasteiger partial charge in [0.05, 0.1) is 6.33 Å². The van der Waals surface area contributed by atoms with Crippen LogP contribution in [0.1, 0.15) is 19.8 Å². The van der Waals surface area contributed by atoms with Crippen LogP contribution >= 0.6 is 27.5 Å². The van der Waals surface area contributed by atoms with E-state index in [1.54, 1.807) is 0 Å². The van der Waals surface area contributed by atoms with E-state index in [0.29, 0.717) is 16.2 Å². The molecule has 0 radical (unpaired) electrons. The minimum Gasteiger partial charge on any atom is -0.366 e. The van der Waals surface area contributed by atoms with Gasteiger partial charge in [-0.1, -0.05) is 0 Å². The van der Waals surface area contributed by atoms with Gasteiger partial charge in [-0.05, 0) is 35.7 Å². The van der Waals surface area contributed by atoms with Gasteiger partial charge in [0.2, 0.25) is 0 Å². The molecule has 4 nitrogen and oxygen atoms in total. The van der Waals surface area contributed by atoms with Gasteiger partial charge in [0.25, 0.3) is 5.56 Å². The average Bonchev–Trinajstić information content (AvgIpc) is 2.22. The summed E-state index contributed by atoms with van der Waals surface area (Å²) >= 11 is 8.78. The maximum Gasteiger partial charge on any atom is 0.267 e. The zero-order valence-corrected chi connectivity index (χ0v) is 10.7. The van der Waals surface area contributed by atoms with Crippen molar-refractivity contribution in [3.63, 3.8) is 0 Å². The molecule has 84 valence electrons. The number of hydrogen-bond donors (Lipinski definition) is 2. The van der Waals surface area contributed by atoms with Crippen molar-refractivity contribution in [2.45, 2.75) is 25.8 Å². The van der Waals surface area contributed by atoms with Crippen LogP contribution < -0.4 is 10.9 Å². The second-order valence-electron chi connectivity index (χ2n) is 3.27. The SMILES string of the molecule is CC(CCCCl)Nc1nc[nH]c(=O)c1Br. The highest BCUT2D eigenvalue weighted by atomic mass is 79.9. The third kappa shape index (κ3) is 3.83. The smallest absolute Gasteiger partial charge is 0.267 e. The third-order valence-electron chi connectivity index (χ3n) is 1.95. The number of anilines is 1. The van der Waals surface area contributed by atoms with Crippen molar-refractivity contribution in [1.82, 2.24) is 9.97 Å². The molecule has 15 heavy (non-hydrogen) atoms. The highest BCUT2D eigenvalue weighted by molar-refractivity contribution is 9.10. The first-order valence-corrected chi connectivity index (χ1v) is 6.03. The van der Waals surface area contributed by atoms with E-state index in [1.165, 1.54) is 6.33 Å². The van der Waals surface area contributed by atoms with Crippen LogP contribution in [0.5, 0.6) is 0 Å². The monoisotopic (exact) mass is 293 g/mol. The Balaban J connectivity index is 2.64. The van der Waals surface area contributed by atoms with Crippen molar-refractivity contribution in [3.8, 4) is 0 Å². The lowest BCUT2D eigenvalue weighted by Crippen LogP contribution is -2.19. The lowest BCUT2D eigenvalue weighted by atomic mass is 10.2. The minimum absolute atomic E-state index is 0.183. The van der Waals surface area contributed by atoms with Gasteiger partial charge in [-0.2, -0.15) is 0 Å². The number of alkyl halides is 1. The molecule has 0 saturated carbocycles. The second-order valence-corrected chi connectivity index (χ2v) is 4.44. The van der Waals surface area contributed by atoms with Crippen molar-refractivity contribution in [2.75, 3.05) is 11.2 Å². The number of nitrogens with one attached hydrogen (secondary N) is 2. The van der Waals surface area contributed by atoms with Crippen LogP contribution in [0.4, 0.5) is 5.82 Å². The summed E-state index contributed by atoms with van der Waals surface area (Å²) in [5.74, 6) is 1.22. The van der Waals surface area contributed by atoms with Crippen LogP contribution in [-0.2, 0) is 0 Å². The fraction of sp³-hybridized carbons (Fsp3) is 0.556. The zero-order chi connectivity index (χ0) is 11.3. The van der Waals surface area contributed by atoms with Crippen LogP contribution in [0.25, 0.3) is 0 Å². The van der Waals surface area contributed by atoms with Crippen molar-refractivity contribution >= 4 is 33.3 Å². The van der Waals surface area contributed by atoms with Gasteiger partial charge in [-0.3, -0.25) is 4.79 Å². The third-order valence-corrected chi connectivity index (χ3v) is 2.95. The van der Waals surface area contributed by atoms with E-state index in [1.807, 2.05) is 6.92 Å². The number of H-pyrrole nitrogens is 1. The Bertz CT molecular complexity index is 369. The number of hydrogen-bond acceptors (Lipinski definition) is 3. The number of nitrogens with zero attached hydrogens (tertiary/aromatic N) is 1. The van der Waals surface area contributed by atoms with Crippen LogP contribution in [0, 0.1) is 0 Å². The molecule has 1 unspecified atom stereocenters. The highest BCUT2D eigenvalue weighted by Gasteiger charge is 2.08. The molecule has 0 aliphatic carbocycles. The van der Waals surface area contributed by atoms with Crippen molar-refractivity contribution in [2.24, 2.45) is 0 Å². The molecule has 1 rings (SSSR count). The lowest BCUT2D eigenvalue weighted by molar-refractivity contribution is 0.689. The molecule has 2 N–H and O–H groups in total. The Morgan fingerprint density at radius 2 is 2.47 bits per heavy atom. The molecule has 1 heterocycles. The number of aromatic amines is 1. The summed E-state index contributed by atoms with van der Waals surface area (Å²) in [5, 5.41) is 3.15. The number of aromatic nitrogens is 2. The predicted octanol–water partition coefficient (Wildman–Crippen LogP) is 2.35. The molecule has 6 heteroatoms. The Labute approximate surface area is 102 Å². The van der Waals surface area contributed by atoms with E-state index in [9.17, 15) is 4.79 Å². The van der Waals surface area contributed by atoms with Crippen molar-refractivity contribution < 1.29 is 0 Å².